The molecule has 0 saturated heterocycles. The van der Waals surface area contributed by atoms with Crippen LogP contribution in [-0.4, -0.2) is 9.13 Å². The molecule has 0 spiro atoms. The highest BCUT2D eigenvalue weighted by atomic mass is 16.1. The fourth-order valence-corrected chi connectivity index (χ4v) is 2.77. The Hall–Kier alpha value is -1.51. The molecule has 2 bridgehead atoms. The molecule has 1 aliphatic rings. The predicted octanol–water partition coefficient (Wildman–Crippen LogP) is 2.77. The molecule has 3 rings (SSSR count). The standard InChI is InChI=1S/C14H18N2O/c17-14-15-10-6-2-1-3-7-11-16(14)13-9-5-4-8-12(13)15/h4-5,8-9H,1-3,6-7,10-11H2. The van der Waals surface area contributed by atoms with Crippen molar-refractivity contribution < 1.29 is 0 Å². The number of fused-ring (bicyclic) bond motifs is 5. The second-order valence-electron chi connectivity index (χ2n) is 4.84. The van der Waals surface area contributed by atoms with E-state index in [4.69, 9.17) is 0 Å². The number of aromatic nitrogens is 2. The average molecular weight is 230 g/mol. The van der Waals surface area contributed by atoms with E-state index in [-0.39, 0.29) is 5.69 Å². The second-order valence-corrected chi connectivity index (χ2v) is 4.84. The quantitative estimate of drug-likeness (QED) is 0.683. The molecule has 0 N–H and O–H groups in total. The first kappa shape index (κ1) is 10.6. The number of aryl methyl sites for hydroxylation is 2. The van der Waals surface area contributed by atoms with E-state index < -0.39 is 0 Å². The van der Waals surface area contributed by atoms with Crippen LogP contribution < -0.4 is 5.69 Å². The van der Waals surface area contributed by atoms with Crippen LogP contribution in [0.15, 0.2) is 29.1 Å². The van der Waals surface area contributed by atoms with E-state index in [1.54, 1.807) is 0 Å². The van der Waals surface area contributed by atoms with Crippen molar-refractivity contribution in [2.24, 2.45) is 0 Å². The van der Waals surface area contributed by atoms with Crippen molar-refractivity contribution in [3.05, 3.63) is 34.7 Å². The molecule has 0 amide bonds. The first-order chi connectivity index (χ1) is 8.38. The van der Waals surface area contributed by atoms with E-state index in [0.29, 0.717) is 0 Å². The number of para-hydroxylation sites is 2. The molecule has 0 fully saturated rings. The third-order valence-electron chi connectivity index (χ3n) is 3.69. The van der Waals surface area contributed by atoms with Gasteiger partial charge in [0.2, 0.25) is 0 Å². The topological polar surface area (TPSA) is 26.9 Å². The zero-order chi connectivity index (χ0) is 11.7. The number of imidazole rings is 1. The monoisotopic (exact) mass is 230 g/mol. The van der Waals surface area contributed by atoms with Gasteiger partial charge in [-0.2, -0.15) is 0 Å². The number of hydrogen-bond acceptors (Lipinski definition) is 1. The number of hydrogen-bond donors (Lipinski definition) is 0. The van der Waals surface area contributed by atoms with Gasteiger partial charge in [-0.15, -0.1) is 0 Å². The summed E-state index contributed by atoms with van der Waals surface area (Å²) in [5.74, 6) is 0. The van der Waals surface area contributed by atoms with Gasteiger partial charge in [0.05, 0.1) is 11.0 Å². The molecule has 1 aromatic carbocycles. The molecule has 0 atom stereocenters. The zero-order valence-electron chi connectivity index (χ0n) is 10.1. The molecule has 0 aliphatic carbocycles. The molecule has 0 saturated carbocycles. The van der Waals surface area contributed by atoms with Crippen molar-refractivity contribution in [3.63, 3.8) is 0 Å². The minimum Gasteiger partial charge on any atom is -0.292 e. The molecular weight excluding hydrogens is 212 g/mol. The van der Waals surface area contributed by atoms with Crippen LogP contribution >= 0.6 is 0 Å². The summed E-state index contributed by atoms with van der Waals surface area (Å²) in [5.41, 5.74) is 2.37. The van der Waals surface area contributed by atoms with Crippen LogP contribution in [0, 0.1) is 0 Å². The normalized spacial score (nSPS) is 17.2. The average Bonchev–Trinajstić information content (AvgIpc) is 2.61. The molecule has 2 heterocycles. The van der Waals surface area contributed by atoms with E-state index in [9.17, 15) is 4.79 Å². The lowest BCUT2D eigenvalue weighted by Gasteiger charge is -2.06. The van der Waals surface area contributed by atoms with Gasteiger partial charge < -0.3 is 0 Å². The van der Waals surface area contributed by atoms with Crippen molar-refractivity contribution >= 4 is 11.0 Å². The van der Waals surface area contributed by atoms with Crippen LogP contribution in [0.1, 0.15) is 32.1 Å². The zero-order valence-corrected chi connectivity index (χ0v) is 10.1. The maximum Gasteiger partial charge on any atom is 0.329 e. The van der Waals surface area contributed by atoms with Crippen molar-refractivity contribution in [2.75, 3.05) is 0 Å². The van der Waals surface area contributed by atoms with Crippen LogP contribution in [0.25, 0.3) is 11.0 Å². The maximum atomic E-state index is 12.3. The summed E-state index contributed by atoms with van der Waals surface area (Å²) in [6, 6.07) is 8.15. The van der Waals surface area contributed by atoms with Gasteiger partial charge in [0.25, 0.3) is 0 Å². The Bertz CT molecular complexity index is 531. The van der Waals surface area contributed by atoms with Crippen molar-refractivity contribution in [3.8, 4) is 0 Å². The van der Waals surface area contributed by atoms with Crippen LogP contribution in [0.4, 0.5) is 0 Å². The van der Waals surface area contributed by atoms with Gasteiger partial charge in [-0.05, 0) is 25.0 Å². The molecule has 17 heavy (non-hydrogen) atoms. The van der Waals surface area contributed by atoms with Crippen molar-refractivity contribution in [1.82, 2.24) is 9.13 Å². The van der Waals surface area contributed by atoms with E-state index in [2.05, 4.69) is 12.1 Å². The third-order valence-corrected chi connectivity index (χ3v) is 3.69. The Balaban J connectivity index is 2.21. The smallest absolute Gasteiger partial charge is 0.292 e. The van der Waals surface area contributed by atoms with Gasteiger partial charge in [0.1, 0.15) is 0 Å². The van der Waals surface area contributed by atoms with E-state index >= 15 is 0 Å². The minimum absolute atomic E-state index is 0.174. The van der Waals surface area contributed by atoms with Gasteiger partial charge in [-0.3, -0.25) is 9.13 Å². The van der Waals surface area contributed by atoms with Crippen LogP contribution in [0.3, 0.4) is 0 Å². The molecule has 1 aliphatic heterocycles. The third kappa shape index (κ3) is 1.79. The first-order valence-electron chi connectivity index (χ1n) is 6.56. The van der Waals surface area contributed by atoms with E-state index in [1.807, 2.05) is 21.3 Å². The lowest BCUT2D eigenvalue weighted by molar-refractivity contribution is 0.501. The number of nitrogens with zero attached hydrogens (tertiary/aromatic N) is 2. The lowest BCUT2D eigenvalue weighted by Crippen LogP contribution is -2.25. The summed E-state index contributed by atoms with van der Waals surface area (Å²) >= 11 is 0. The van der Waals surface area contributed by atoms with Gasteiger partial charge in [0.15, 0.2) is 0 Å². The lowest BCUT2D eigenvalue weighted by atomic mass is 10.1. The van der Waals surface area contributed by atoms with Crippen LogP contribution in [-0.2, 0) is 13.1 Å². The first-order valence-corrected chi connectivity index (χ1v) is 6.56. The van der Waals surface area contributed by atoms with Crippen LogP contribution in [0.2, 0.25) is 0 Å². The Kier molecular flexibility index (Phi) is 2.75. The maximum absolute atomic E-state index is 12.3. The van der Waals surface area contributed by atoms with Gasteiger partial charge >= 0.3 is 5.69 Å². The molecule has 0 unspecified atom stereocenters. The van der Waals surface area contributed by atoms with Gasteiger partial charge in [0, 0.05) is 13.1 Å². The largest absolute Gasteiger partial charge is 0.329 e. The fourth-order valence-electron chi connectivity index (χ4n) is 2.77. The van der Waals surface area contributed by atoms with Gasteiger partial charge in [-0.1, -0.05) is 31.4 Å². The molecule has 1 aromatic heterocycles. The molecule has 3 heteroatoms. The van der Waals surface area contributed by atoms with E-state index in [1.165, 1.54) is 19.3 Å². The molecule has 2 aromatic rings. The Labute approximate surface area is 101 Å². The summed E-state index contributed by atoms with van der Waals surface area (Å²) < 4.78 is 3.89. The summed E-state index contributed by atoms with van der Waals surface area (Å²) in [7, 11) is 0. The summed E-state index contributed by atoms with van der Waals surface area (Å²) in [6.45, 7) is 1.73. The highest BCUT2D eigenvalue weighted by molar-refractivity contribution is 5.75. The van der Waals surface area contributed by atoms with Gasteiger partial charge in [-0.25, -0.2) is 4.79 Å². The second kappa shape index (κ2) is 4.40. The Morgan fingerprint density at radius 2 is 1.24 bits per heavy atom. The summed E-state index contributed by atoms with van der Waals surface area (Å²) in [6.07, 6.45) is 6.02. The van der Waals surface area contributed by atoms with Crippen molar-refractivity contribution in [1.29, 1.82) is 0 Å². The molecule has 3 nitrogen and oxygen atoms in total. The van der Waals surface area contributed by atoms with Crippen molar-refractivity contribution in [2.45, 2.75) is 45.2 Å². The highest BCUT2D eigenvalue weighted by Crippen LogP contribution is 2.16. The fraction of sp³-hybridized carbons (Fsp3) is 0.500. The summed E-state index contributed by atoms with van der Waals surface area (Å²) in [4.78, 5) is 12.3. The minimum atomic E-state index is 0.174. The number of benzene rings is 1. The SMILES string of the molecule is O=c1n2c3ccccc3n1CCCCCCC2. The van der Waals surface area contributed by atoms with Crippen LogP contribution in [0.5, 0.6) is 0 Å². The predicted molar refractivity (Wildman–Crippen MR) is 69.3 cm³/mol. The highest BCUT2D eigenvalue weighted by Gasteiger charge is 2.12. The summed E-state index contributed by atoms with van der Waals surface area (Å²) in [5, 5.41) is 0. The Morgan fingerprint density at radius 3 is 1.76 bits per heavy atom. The molecule has 90 valence electrons. The Morgan fingerprint density at radius 1 is 0.765 bits per heavy atom. The molecule has 0 radical (unpaired) electrons. The molecular formula is C14H18N2O. The van der Waals surface area contributed by atoms with E-state index in [0.717, 1.165) is 37.0 Å². The number of rotatable bonds is 0.